The van der Waals surface area contributed by atoms with Gasteiger partial charge in [-0.25, -0.2) is 8.42 Å². The van der Waals surface area contributed by atoms with Gasteiger partial charge in [-0.3, -0.25) is 9.59 Å². The first-order valence-corrected chi connectivity index (χ1v) is 12.6. The summed E-state index contributed by atoms with van der Waals surface area (Å²) in [5.74, 6) is -0.788. The molecule has 0 saturated heterocycles. The second kappa shape index (κ2) is 11.6. The molecule has 0 aliphatic carbocycles. The zero-order valence-corrected chi connectivity index (χ0v) is 21.3. The van der Waals surface area contributed by atoms with Crippen LogP contribution in [0, 0.1) is 6.92 Å². The number of carbonyl (C=O) groups excluding carboxylic acids is 2. The number of amides is 2. The molecule has 180 valence electrons. The molecule has 7 nitrogen and oxygen atoms in total. The Morgan fingerprint density at radius 2 is 1.73 bits per heavy atom. The van der Waals surface area contributed by atoms with Gasteiger partial charge in [-0.2, -0.15) is 4.31 Å². The van der Waals surface area contributed by atoms with Crippen LogP contribution in [-0.4, -0.2) is 55.1 Å². The Bertz CT molecular complexity index is 1070. The third-order valence-electron chi connectivity index (χ3n) is 5.50. The maximum absolute atomic E-state index is 13.3. The van der Waals surface area contributed by atoms with E-state index in [-0.39, 0.29) is 23.4 Å². The van der Waals surface area contributed by atoms with Crippen molar-refractivity contribution in [1.82, 2.24) is 14.5 Å². The molecule has 0 heterocycles. The van der Waals surface area contributed by atoms with E-state index in [1.54, 1.807) is 43.3 Å². The number of benzene rings is 2. The van der Waals surface area contributed by atoms with Crippen LogP contribution in [0.4, 0.5) is 0 Å². The van der Waals surface area contributed by atoms with Gasteiger partial charge in [-0.15, -0.1) is 0 Å². The van der Waals surface area contributed by atoms with Crippen LogP contribution in [0.1, 0.15) is 38.3 Å². The Balaban J connectivity index is 2.27. The van der Waals surface area contributed by atoms with E-state index in [1.807, 2.05) is 20.8 Å². The zero-order valence-electron chi connectivity index (χ0n) is 19.7. The molecule has 33 heavy (non-hydrogen) atoms. The van der Waals surface area contributed by atoms with Crippen molar-refractivity contribution >= 4 is 33.4 Å². The SMILES string of the molecule is CC[C@H](C)NC(=O)[C@H](C)N(Cc1cccc(Cl)c1)C(=O)CN(C)S(=O)(=O)c1ccc(C)cc1. The summed E-state index contributed by atoms with van der Waals surface area (Å²) in [5.41, 5.74) is 1.67. The number of sulfonamides is 1. The van der Waals surface area contributed by atoms with Gasteiger partial charge in [0.1, 0.15) is 6.04 Å². The maximum Gasteiger partial charge on any atom is 0.243 e. The lowest BCUT2D eigenvalue weighted by Gasteiger charge is -2.31. The molecule has 0 aromatic heterocycles. The third kappa shape index (κ3) is 7.28. The maximum atomic E-state index is 13.3. The predicted octanol–water partition coefficient (Wildman–Crippen LogP) is 3.60. The highest BCUT2D eigenvalue weighted by atomic mass is 35.5. The number of likely N-dealkylation sites (N-methyl/N-ethyl adjacent to an activating group) is 1. The third-order valence-corrected chi connectivity index (χ3v) is 7.55. The van der Waals surface area contributed by atoms with Gasteiger partial charge in [-0.05, 0) is 57.0 Å². The fourth-order valence-corrected chi connectivity index (χ4v) is 4.47. The summed E-state index contributed by atoms with van der Waals surface area (Å²) < 4.78 is 26.9. The Morgan fingerprint density at radius 1 is 1.09 bits per heavy atom. The molecule has 2 amide bonds. The normalized spacial score (nSPS) is 13.4. The van der Waals surface area contributed by atoms with Crippen LogP contribution >= 0.6 is 11.6 Å². The topological polar surface area (TPSA) is 86.8 Å². The molecule has 0 unspecified atom stereocenters. The summed E-state index contributed by atoms with van der Waals surface area (Å²) >= 11 is 6.09. The quantitative estimate of drug-likeness (QED) is 0.547. The van der Waals surface area contributed by atoms with E-state index in [2.05, 4.69) is 5.32 Å². The van der Waals surface area contributed by atoms with Crippen LogP contribution in [0.2, 0.25) is 5.02 Å². The first-order valence-electron chi connectivity index (χ1n) is 10.8. The van der Waals surface area contributed by atoms with Gasteiger partial charge in [0.25, 0.3) is 0 Å². The summed E-state index contributed by atoms with van der Waals surface area (Å²) in [6.45, 7) is 7.05. The van der Waals surface area contributed by atoms with Gasteiger partial charge in [-0.1, -0.05) is 48.4 Å². The summed E-state index contributed by atoms with van der Waals surface area (Å²) in [7, 11) is -2.51. The number of aryl methyl sites for hydroxylation is 1. The fourth-order valence-electron chi connectivity index (χ4n) is 3.14. The summed E-state index contributed by atoms with van der Waals surface area (Å²) in [4.78, 5) is 27.6. The lowest BCUT2D eigenvalue weighted by atomic mass is 10.1. The minimum Gasteiger partial charge on any atom is -0.352 e. The highest BCUT2D eigenvalue weighted by Crippen LogP contribution is 2.18. The highest BCUT2D eigenvalue weighted by Gasteiger charge is 2.30. The van der Waals surface area contributed by atoms with Crippen molar-refractivity contribution in [2.75, 3.05) is 13.6 Å². The van der Waals surface area contributed by atoms with Crippen LogP contribution in [-0.2, 0) is 26.2 Å². The molecule has 0 aliphatic rings. The Kier molecular flexibility index (Phi) is 9.46. The Labute approximate surface area is 201 Å². The number of nitrogens with one attached hydrogen (secondary N) is 1. The van der Waals surface area contributed by atoms with E-state index >= 15 is 0 Å². The number of hydrogen-bond acceptors (Lipinski definition) is 4. The van der Waals surface area contributed by atoms with Crippen molar-refractivity contribution in [3.63, 3.8) is 0 Å². The van der Waals surface area contributed by atoms with E-state index in [1.165, 1.54) is 24.1 Å². The van der Waals surface area contributed by atoms with Crippen molar-refractivity contribution < 1.29 is 18.0 Å². The molecule has 0 saturated carbocycles. The average molecular weight is 494 g/mol. The molecular weight excluding hydrogens is 462 g/mol. The van der Waals surface area contributed by atoms with Crippen molar-refractivity contribution in [3.8, 4) is 0 Å². The molecule has 0 aliphatic heterocycles. The lowest BCUT2D eigenvalue weighted by molar-refractivity contribution is -0.140. The van der Waals surface area contributed by atoms with Crippen LogP contribution in [0.15, 0.2) is 53.4 Å². The molecule has 2 aromatic rings. The van der Waals surface area contributed by atoms with Gasteiger partial charge >= 0.3 is 0 Å². The minimum absolute atomic E-state index is 0.0485. The molecule has 1 N–H and O–H groups in total. The van der Waals surface area contributed by atoms with E-state index < -0.39 is 28.5 Å². The molecule has 0 radical (unpaired) electrons. The second-order valence-corrected chi connectivity index (χ2v) is 10.7. The van der Waals surface area contributed by atoms with E-state index in [9.17, 15) is 18.0 Å². The molecule has 0 bridgehead atoms. The van der Waals surface area contributed by atoms with Gasteiger partial charge in [0.15, 0.2) is 0 Å². The van der Waals surface area contributed by atoms with Gasteiger partial charge in [0, 0.05) is 24.7 Å². The molecule has 0 fully saturated rings. The lowest BCUT2D eigenvalue weighted by Crippen LogP contribution is -2.51. The smallest absolute Gasteiger partial charge is 0.243 e. The zero-order chi connectivity index (χ0) is 24.8. The van der Waals surface area contributed by atoms with Crippen LogP contribution in [0.5, 0.6) is 0 Å². The second-order valence-electron chi connectivity index (χ2n) is 8.22. The van der Waals surface area contributed by atoms with Crippen LogP contribution in [0.25, 0.3) is 0 Å². The van der Waals surface area contributed by atoms with Crippen molar-refractivity contribution in [1.29, 1.82) is 0 Å². The first kappa shape index (κ1) is 26.8. The molecule has 2 rings (SSSR count). The van der Waals surface area contributed by atoms with Gasteiger partial charge in [0.05, 0.1) is 11.4 Å². The monoisotopic (exact) mass is 493 g/mol. The number of halogens is 1. The molecular formula is C24H32ClN3O4S. The number of carbonyl (C=O) groups is 2. The number of nitrogens with zero attached hydrogens (tertiary/aromatic N) is 2. The summed E-state index contributed by atoms with van der Waals surface area (Å²) in [5, 5.41) is 3.40. The Hall–Kier alpha value is -2.42. The van der Waals surface area contributed by atoms with Crippen molar-refractivity contribution in [3.05, 3.63) is 64.7 Å². The van der Waals surface area contributed by atoms with Gasteiger partial charge in [0.2, 0.25) is 21.8 Å². The first-order chi connectivity index (χ1) is 15.4. The largest absolute Gasteiger partial charge is 0.352 e. The molecule has 9 heteroatoms. The van der Waals surface area contributed by atoms with Crippen molar-refractivity contribution in [2.24, 2.45) is 0 Å². The van der Waals surface area contributed by atoms with Crippen molar-refractivity contribution in [2.45, 2.75) is 57.6 Å². The Morgan fingerprint density at radius 3 is 2.30 bits per heavy atom. The van der Waals surface area contributed by atoms with E-state index in [0.717, 1.165) is 21.9 Å². The van der Waals surface area contributed by atoms with E-state index in [0.29, 0.717) is 5.02 Å². The molecule has 2 aromatic carbocycles. The summed E-state index contributed by atoms with van der Waals surface area (Å²) in [6, 6.07) is 12.6. The minimum atomic E-state index is -3.87. The average Bonchev–Trinajstić information content (AvgIpc) is 2.77. The van der Waals surface area contributed by atoms with Gasteiger partial charge < -0.3 is 10.2 Å². The molecule has 2 atom stereocenters. The fraction of sp³-hybridized carbons (Fsp3) is 0.417. The highest BCUT2D eigenvalue weighted by molar-refractivity contribution is 7.89. The van der Waals surface area contributed by atoms with E-state index in [4.69, 9.17) is 11.6 Å². The van der Waals surface area contributed by atoms with Crippen LogP contribution < -0.4 is 5.32 Å². The number of rotatable bonds is 10. The number of hydrogen-bond donors (Lipinski definition) is 1. The standard InChI is InChI=1S/C24H32ClN3O4S/c1-6-18(3)26-24(30)19(4)28(15-20-8-7-9-21(25)14-20)23(29)16-27(5)33(31,32)22-12-10-17(2)11-13-22/h7-14,18-19H,6,15-16H2,1-5H3,(H,26,30)/t18-,19-/m0/s1. The summed E-state index contributed by atoms with van der Waals surface area (Å²) in [6.07, 6.45) is 0.748. The molecule has 0 spiro atoms. The van der Waals surface area contributed by atoms with Crippen LogP contribution in [0.3, 0.4) is 0 Å². The predicted molar refractivity (Wildman–Crippen MR) is 130 cm³/mol.